The van der Waals surface area contributed by atoms with Gasteiger partial charge in [-0.3, -0.25) is 9.78 Å². The highest BCUT2D eigenvalue weighted by atomic mass is 16.5. The first-order valence-electron chi connectivity index (χ1n) is 9.40. The van der Waals surface area contributed by atoms with Gasteiger partial charge in [-0.15, -0.1) is 0 Å². The molecule has 0 amide bonds. The van der Waals surface area contributed by atoms with E-state index in [2.05, 4.69) is 23.7 Å². The Morgan fingerprint density at radius 1 is 1.30 bits per heavy atom. The second-order valence-corrected chi connectivity index (χ2v) is 8.04. The van der Waals surface area contributed by atoms with Crippen LogP contribution in [0.5, 0.6) is 5.75 Å². The molecule has 1 aliphatic rings. The predicted octanol–water partition coefficient (Wildman–Crippen LogP) is 4.32. The number of carbonyl (C=O) groups is 1. The standard InChI is InChI=1S/C22H28N2O3/c1-15-18(13-20(25)26)21(24-10-8-22(2,3)9-11-24)19(14-23-15)16-6-5-7-17(12-16)27-4/h5-7,12,14H,8-11,13H2,1-4H3,(H,25,26). The number of ether oxygens (including phenoxy) is 1. The second kappa shape index (κ2) is 7.59. The van der Waals surface area contributed by atoms with Crippen LogP contribution >= 0.6 is 0 Å². The lowest BCUT2D eigenvalue weighted by atomic mass is 9.82. The van der Waals surface area contributed by atoms with Crippen molar-refractivity contribution in [1.29, 1.82) is 0 Å². The zero-order valence-electron chi connectivity index (χ0n) is 16.6. The molecular formula is C22H28N2O3. The van der Waals surface area contributed by atoms with Gasteiger partial charge in [-0.05, 0) is 42.9 Å². The number of rotatable bonds is 5. The molecule has 0 spiro atoms. The van der Waals surface area contributed by atoms with Gasteiger partial charge in [0.2, 0.25) is 0 Å². The summed E-state index contributed by atoms with van der Waals surface area (Å²) in [5, 5.41) is 9.47. The molecule has 0 saturated carbocycles. The molecule has 5 nitrogen and oxygen atoms in total. The molecule has 0 bridgehead atoms. The molecule has 0 radical (unpaired) electrons. The Balaban J connectivity index is 2.13. The zero-order valence-corrected chi connectivity index (χ0v) is 16.6. The molecule has 1 aliphatic heterocycles. The van der Waals surface area contributed by atoms with Crippen molar-refractivity contribution >= 4 is 11.7 Å². The lowest BCUT2D eigenvalue weighted by Crippen LogP contribution is -2.38. The van der Waals surface area contributed by atoms with E-state index < -0.39 is 5.97 Å². The number of pyridine rings is 1. The Morgan fingerprint density at radius 3 is 2.63 bits per heavy atom. The van der Waals surface area contributed by atoms with Crippen LogP contribution in [0.2, 0.25) is 0 Å². The van der Waals surface area contributed by atoms with Crippen molar-refractivity contribution < 1.29 is 14.6 Å². The van der Waals surface area contributed by atoms with Gasteiger partial charge in [0, 0.05) is 36.1 Å². The number of hydrogen-bond donors (Lipinski definition) is 1. The molecular weight excluding hydrogens is 340 g/mol. The number of carboxylic acids is 1. The number of benzene rings is 1. The monoisotopic (exact) mass is 368 g/mol. The van der Waals surface area contributed by atoms with E-state index in [-0.39, 0.29) is 6.42 Å². The summed E-state index contributed by atoms with van der Waals surface area (Å²) in [6.45, 7) is 8.32. The molecule has 3 rings (SSSR count). The van der Waals surface area contributed by atoms with E-state index >= 15 is 0 Å². The van der Waals surface area contributed by atoms with Gasteiger partial charge in [-0.2, -0.15) is 0 Å². The zero-order chi connectivity index (χ0) is 19.6. The molecule has 1 saturated heterocycles. The first-order chi connectivity index (χ1) is 12.8. The van der Waals surface area contributed by atoms with Gasteiger partial charge in [-0.25, -0.2) is 0 Å². The van der Waals surface area contributed by atoms with Gasteiger partial charge < -0.3 is 14.7 Å². The number of nitrogens with zero attached hydrogens (tertiary/aromatic N) is 2. The molecule has 1 aromatic carbocycles. The molecule has 144 valence electrons. The van der Waals surface area contributed by atoms with Crippen molar-refractivity contribution in [3.63, 3.8) is 0 Å². The Hall–Kier alpha value is -2.56. The lowest BCUT2D eigenvalue weighted by Gasteiger charge is -2.40. The fraction of sp³-hybridized carbons (Fsp3) is 0.455. The number of aromatic nitrogens is 1. The molecule has 0 aliphatic carbocycles. The Bertz CT molecular complexity index is 835. The van der Waals surface area contributed by atoms with Crippen LogP contribution in [0.25, 0.3) is 11.1 Å². The predicted molar refractivity (Wildman–Crippen MR) is 108 cm³/mol. The molecule has 1 fully saturated rings. The third-order valence-electron chi connectivity index (χ3n) is 5.51. The molecule has 1 aromatic heterocycles. The molecule has 2 aromatic rings. The van der Waals surface area contributed by atoms with Crippen LogP contribution in [0.3, 0.4) is 0 Å². The summed E-state index contributed by atoms with van der Waals surface area (Å²) < 4.78 is 5.38. The number of hydrogen-bond acceptors (Lipinski definition) is 4. The van der Waals surface area contributed by atoms with Gasteiger partial charge in [0.25, 0.3) is 0 Å². The van der Waals surface area contributed by atoms with Crippen LogP contribution in [0.15, 0.2) is 30.5 Å². The van der Waals surface area contributed by atoms with Crippen LogP contribution in [0, 0.1) is 12.3 Å². The van der Waals surface area contributed by atoms with Crippen molar-refractivity contribution in [2.75, 3.05) is 25.1 Å². The normalized spacial score (nSPS) is 16.2. The summed E-state index contributed by atoms with van der Waals surface area (Å²) in [5.74, 6) is -0.0557. The Morgan fingerprint density at radius 2 is 2.00 bits per heavy atom. The summed E-state index contributed by atoms with van der Waals surface area (Å²) in [5.41, 5.74) is 4.88. The van der Waals surface area contributed by atoms with E-state index in [1.165, 1.54) is 0 Å². The van der Waals surface area contributed by atoms with Crippen molar-refractivity contribution in [2.24, 2.45) is 5.41 Å². The quantitative estimate of drug-likeness (QED) is 0.852. The average molecular weight is 368 g/mol. The van der Waals surface area contributed by atoms with E-state index in [1.54, 1.807) is 7.11 Å². The maximum Gasteiger partial charge on any atom is 0.307 e. The summed E-state index contributed by atoms with van der Waals surface area (Å²) in [4.78, 5) is 18.4. The van der Waals surface area contributed by atoms with Gasteiger partial charge in [0.1, 0.15) is 5.75 Å². The minimum Gasteiger partial charge on any atom is -0.497 e. The van der Waals surface area contributed by atoms with Crippen LogP contribution in [-0.2, 0) is 11.2 Å². The van der Waals surface area contributed by atoms with Crippen LogP contribution in [0.1, 0.15) is 37.9 Å². The minimum absolute atomic E-state index is 0.0220. The maximum atomic E-state index is 11.5. The van der Waals surface area contributed by atoms with Crippen molar-refractivity contribution in [3.05, 3.63) is 41.7 Å². The lowest BCUT2D eigenvalue weighted by molar-refractivity contribution is -0.136. The first-order valence-corrected chi connectivity index (χ1v) is 9.40. The SMILES string of the molecule is COc1cccc(-c2cnc(C)c(CC(=O)O)c2N2CCC(C)(C)CC2)c1. The summed E-state index contributed by atoms with van der Waals surface area (Å²) in [6.07, 6.45) is 4.01. The summed E-state index contributed by atoms with van der Waals surface area (Å²) in [6, 6.07) is 7.87. The van der Waals surface area contributed by atoms with E-state index in [0.29, 0.717) is 5.41 Å². The highest BCUT2D eigenvalue weighted by molar-refractivity contribution is 5.85. The highest BCUT2D eigenvalue weighted by Crippen LogP contribution is 2.40. The Kier molecular flexibility index (Phi) is 5.40. The van der Waals surface area contributed by atoms with Crippen LogP contribution < -0.4 is 9.64 Å². The third-order valence-corrected chi connectivity index (χ3v) is 5.51. The topological polar surface area (TPSA) is 62.7 Å². The van der Waals surface area contributed by atoms with E-state index in [0.717, 1.165) is 59.8 Å². The van der Waals surface area contributed by atoms with Gasteiger partial charge >= 0.3 is 5.97 Å². The highest BCUT2D eigenvalue weighted by Gasteiger charge is 2.29. The van der Waals surface area contributed by atoms with Gasteiger partial charge in [-0.1, -0.05) is 26.0 Å². The average Bonchev–Trinajstić information content (AvgIpc) is 2.63. The van der Waals surface area contributed by atoms with E-state index in [1.807, 2.05) is 37.4 Å². The molecule has 0 atom stereocenters. The van der Waals surface area contributed by atoms with Gasteiger partial charge in [0.05, 0.1) is 19.2 Å². The fourth-order valence-electron chi connectivity index (χ4n) is 3.70. The second-order valence-electron chi connectivity index (χ2n) is 8.04. The fourth-order valence-corrected chi connectivity index (χ4v) is 3.70. The number of piperidine rings is 1. The van der Waals surface area contributed by atoms with Crippen molar-refractivity contribution in [3.8, 4) is 16.9 Å². The molecule has 1 N–H and O–H groups in total. The Labute approximate surface area is 161 Å². The molecule has 27 heavy (non-hydrogen) atoms. The number of carboxylic acid groups (broad SMARTS) is 1. The summed E-state index contributed by atoms with van der Waals surface area (Å²) >= 11 is 0. The molecule has 0 unspecified atom stereocenters. The largest absolute Gasteiger partial charge is 0.497 e. The number of aryl methyl sites for hydroxylation is 1. The maximum absolute atomic E-state index is 11.5. The van der Waals surface area contributed by atoms with Crippen molar-refractivity contribution in [1.82, 2.24) is 4.98 Å². The van der Waals surface area contributed by atoms with Gasteiger partial charge in [0.15, 0.2) is 0 Å². The third kappa shape index (κ3) is 4.24. The van der Waals surface area contributed by atoms with E-state index in [9.17, 15) is 9.90 Å². The summed E-state index contributed by atoms with van der Waals surface area (Å²) in [7, 11) is 1.65. The van der Waals surface area contributed by atoms with E-state index in [4.69, 9.17) is 4.74 Å². The number of aliphatic carboxylic acids is 1. The molecule has 2 heterocycles. The number of methoxy groups -OCH3 is 1. The van der Waals surface area contributed by atoms with Crippen molar-refractivity contribution in [2.45, 2.75) is 40.0 Å². The smallest absolute Gasteiger partial charge is 0.307 e. The molecule has 5 heteroatoms. The number of anilines is 1. The van der Waals surface area contributed by atoms with Crippen LogP contribution in [-0.4, -0.2) is 36.3 Å². The first kappa shape index (κ1) is 19.2. The van der Waals surface area contributed by atoms with Crippen LogP contribution in [0.4, 0.5) is 5.69 Å². The minimum atomic E-state index is -0.832.